The largest absolute Gasteiger partial charge is 0.478 e. The molecule has 0 atom stereocenters. The molecule has 0 bridgehead atoms. The SMILES string of the molecule is CCN(CC)c1ccc(N2C(=O)c3ccc(C(=O)O)cc3C2=O)cc1C(=O)Nc1ccc(C)cc1. The molecule has 3 aromatic rings. The number of aromatic carboxylic acids is 1. The summed E-state index contributed by atoms with van der Waals surface area (Å²) in [6, 6.07) is 16.1. The number of carboxylic acids is 1. The maximum atomic E-state index is 13.3. The molecule has 1 aliphatic heterocycles. The molecule has 1 heterocycles. The molecule has 0 aromatic heterocycles. The van der Waals surface area contributed by atoms with E-state index >= 15 is 0 Å². The Kier molecular flexibility index (Phi) is 6.38. The van der Waals surface area contributed by atoms with E-state index < -0.39 is 17.8 Å². The molecular formula is C27H25N3O5. The molecule has 3 aromatic carbocycles. The Balaban J connectivity index is 1.75. The van der Waals surface area contributed by atoms with Crippen molar-refractivity contribution in [2.24, 2.45) is 0 Å². The first-order valence-corrected chi connectivity index (χ1v) is 11.3. The summed E-state index contributed by atoms with van der Waals surface area (Å²) in [7, 11) is 0. The van der Waals surface area contributed by atoms with E-state index in [2.05, 4.69) is 5.32 Å². The van der Waals surface area contributed by atoms with Gasteiger partial charge in [-0.1, -0.05) is 17.7 Å². The summed E-state index contributed by atoms with van der Waals surface area (Å²) in [6.45, 7) is 7.22. The number of nitrogens with zero attached hydrogens (tertiary/aromatic N) is 2. The lowest BCUT2D eigenvalue weighted by Gasteiger charge is -2.25. The molecule has 0 saturated carbocycles. The molecule has 2 N–H and O–H groups in total. The molecule has 0 fully saturated rings. The van der Waals surface area contributed by atoms with Crippen LogP contribution in [0.3, 0.4) is 0 Å². The lowest BCUT2D eigenvalue weighted by Crippen LogP contribution is -2.30. The molecule has 0 spiro atoms. The van der Waals surface area contributed by atoms with Crippen molar-refractivity contribution < 1.29 is 24.3 Å². The van der Waals surface area contributed by atoms with Crippen molar-refractivity contribution in [1.82, 2.24) is 0 Å². The van der Waals surface area contributed by atoms with Gasteiger partial charge in [0.15, 0.2) is 0 Å². The number of fused-ring (bicyclic) bond motifs is 1. The van der Waals surface area contributed by atoms with Crippen molar-refractivity contribution in [3.63, 3.8) is 0 Å². The van der Waals surface area contributed by atoms with Crippen LogP contribution in [0.4, 0.5) is 17.1 Å². The average Bonchev–Trinajstić information content (AvgIpc) is 3.10. The predicted octanol–water partition coefficient (Wildman–Crippen LogP) is 4.59. The van der Waals surface area contributed by atoms with E-state index in [1.807, 2.05) is 37.8 Å². The topological polar surface area (TPSA) is 107 Å². The third-order valence-electron chi connectivity index (χ3n) is 6.03. The van der Waals surface area contributed by atoms with E-state index in [9.17, 15) is 24.3 Å². The van der Waals surface area contributed by atoms with Crippen molar-refractivity contribution >= 4 is 40.8 Å². The van der Waals surface area contributed by atoms with Crippen molar-refractivity contribution in [2.45, 2.75) is 20.8 Å². The van der Waals surface area contributed by atoms with Gasteiger partial charge in [0.25, 0.3) is 17.7 Å². The minimum Gasteiger partial charge on any atom is -0.478 e. The zero-order valence-electron chi connectivity index (χ0n) is 19.7. The van der Waals surface area contributed by atoms with E-state index in [0.717, 1.165) is 10.5 Å². The number of carbonyl (C=O) groups excluding carboxylic acids is 3. The smallest absolute Gasteiger partial charge is 0.335 e. The van der Waals surface area contributed by atoms with Crippen LogP contribution in [0, 0.1) is 6.92 Å². The van der Waals surface area contributed by atoms with Crippen LogP contribution < -0.4 is 15.1 Å². The first kappa shape index (κ1) is 23.7. The van der Waals surface area contributed by atoms with E-state index in [4.69, 9.17) is 0 Å². The number of imide groups is 1. The van der Waals surface area contributed by atoms with Crippen LogP contribution in [0.25, 0.3) is 0 Å². The van der Waals surface area contributed by atoms with Crippen LogP contribution in [0.1, 0.15) is 60.8 Å². The van der Waals surface area contributed by atoms with Gasteiger partial charge < -0.3 is 15.3 Å². The van der Waals surface area contributed by atoms with E-state index in [1.165, 1.54) is 24.3 Å². The summed E-state index contributed by atoms with van der Waals surface area (Å²) in [5.74, 6) is -2.76. The lowest BCUT2D eigenvalue weighted by atomic mass is 10.1. The molecule has 0 saturated heterocycles. The first-order valence-electron chi connectivity index (χ1n) is 11.3. The standard InChI is InChI=1S/C27H25N3O5/c1-4-29(5-2)23-13-11-19(15-22(23)24(31)28-18-9-6-16(3)7-10-18)30-25(32)20-12-8-17(27(34)35)14-21(20)26(30)33/h6-15H,4-5H2,1-3H3,(H,28,31)(H,34,35). The third-order valence-corrected chi connectivity index (χ3v) is 6.03. The van der Waals surface area contributed by atoms with Gasteiger partial charge >= 0.3 is 5.97 Å². The second-order valence-electron chi connectivity index (χ2n) is 8.21. The number of rotatable bonds is 7. The van der Waals surface area contributed by atoms with Crippen molar-refractivity contribution in [1.29, 1.82) is 0 Å². The van der Waals surface area contributed by atoms with Crippen LogP contribution in [-0.4, -0.2) is 41.9 Å². The number of nitrogens with one attached hydrogen (secondary N) is 1. The zero-order valence-corrected chi connectivity index (χ0v) is 19.7. The second-order valence-corrected chi connectivity index (χ2v) is 8.21. The van der Waals surface area contributed by atoms with Crippen LogP contribution in [0.15, 0.2) is 60.7 Å². The maximum absolute atomic E-state index is 13.3. The number of carbonyl (C=O) groups is 4. The molecule has 0 unspecified atom stereocenters. The molecule has 3 amide bonds. The average molecular weight is 472 g/mol. The highest BCUT2D eigenvalue weighted by Crippen LogP contribution is 2.33. The molecule has 0 radical (unpaired) electrons. The van der Waals surface area contributed by atoms with Gasteiger partial charge in [-0.2, -0.15) is 0 Å². The monoisotopic (exact) mass is 471 g/mol. The molecule has 4 rings (SSSR count). The quantitative estimate of drug-likeness (QED) is 0.488. The highest BCUT2D eigenvalue weighted by Gasteiger charge is 2.37. The van der Waals surface area contributed by atoms with Gasteiger partial charge in [-0.05, 0) is 69.3 Å². The highest BCUT2D eigenvalue weighted by molar-refractivity contribution is 6.35. The van der Waals surface area contributed by atoms with Crippen LogP contribution in [-0.2, 0) is 0 Å². The lowest BCUT2D eigenvalue weighted by molar-refractivity contribution is 0.0696. The van der Waals surface area contributed by atoms with Gasteiger partial charge in [0, 0.05) is 24.5 Å². The Morgan fingerprint density at radius 1 is 0.886 bits per heavy atom. The first-order chi connectivity index (χ1) is 16.7. The van der Waals surface area contributed by atoms with E-state index in [-0.39, 0.29) is 28.3 Å². The van der Waals surface area contributed by atoms with Crippen LogP contribution in [0.5, 0.6) is 0 Å². The van der Waals surface area contributed by atoms with Gasteiger partial charge in [-0.3, -0.25) is 14.4 Å². The Bertz CT molecular complexity index is 1340. The number of hydrogen-bond donors (Lipinski definition) is 2. The Morgan fingerprint density at radius 3 is 2.17 bits per heavy atom. The normalized spacial score (nSPS) is 12.5. The van der Waals surface area contributed by atoms with Gasteiger partial charge in [-0.25, -0.2) is 9.69 Å². The molecule has 8 heteroatoms. The number of aryl methyl sites for hydroxylation is 1. The van der Waals surface area contributed by atoms with Gasteiger partial charge in [0.2, 0.25) is 0 Å². The molecule has 1 aliphatic rings. The number of anilines is 3. The fraction of sp³-hybridized carbons (Fsp3) is 0.185. The summed E-state index contributed by atoms with van der Waals surface area (Å²) in [5.41, 5.74) is 2.97. The molecule has 178 valence electrons. The number of hydrogen-bond acceptors (Lipinski definition) is 5. The van der Waals surface area contributed by atoms with Crippen LogP contribution >= 0.6 is 0 Å². The van der Waals surface area contributed by atoms with Crippen molar-refractivity contribution in [3.8, 4) is 0 Å². The van der Waals surface area contributed by atoms with E-state index in [0.29, 0.717) is 30.0 Å². The fourth-order valence-electron chi connectivity index (χ4n) is 4.13. The minimum atomic E-state index is -1.19. The Hall–Kier alpha value is -4.46. The second kappa shape index (κ2) is 9.42. The highest BCUT2D eigenvalue weighted by atomic mass is 16.4. The maximum Gasteiger partial charge on any atom is 0.335 e. The predicted molar refractivity (Wildman–Crippen MR) is 134 cm³/mol. The molecule has 0 aliphatic carbocycles. The Labute approximate surface area is 202 Å². The van der Waals surface area contributed by atoms with Crippen molar-refractivity contribution in [3.05, 3.63) is 88.5 Å². The van der Waals surface area contributed by atoms with Gasteiger partial charge in [0.1, 0.15) is 0 Å². The van der Waals surface area contributed by atoms with Crippen molar-refractivity contribution in [2.75, 3.05) is 28.2 Å². The number of benzene rings is 3. The number of amides is 3. The summed E-state index contributed by atoms with van der Waals surface area (Å²) in [6.07, 6.45) is 0. The van der Waals surface area contributed by atoms with Gasteiger partial charge in [0.05, 0.1) is 27.9 Å². The Morgan fingerprint density at radius 2 is 1.54 bits per heavy atom. The zero-order chi connectivity index (χ0) is 25.3. The molecular weight excluding hydrogens is 446 g/mol. The summed E-state index contributed by atoms with van der Waals surface area (Å²) in [4.78, 5) is 53.8. The summed E-state index contributed by atoms with van der Waals surface area (Å²) < 4.78 is 0. The van der Waals surface area contributed by atoms with E-state index in [1.54, 1.807) is 24.3 Å². The minimum absolute atomic E-state index is 0.0216. The summed E-state index contributed by atoms with van der Waals surface area (Å²) in [5, 5.41) is 12.1. The van der Waals surface area contributed by atoms with Crippen LogP contribution in [0.2, 0.25) is 0 Å². The third kappa shape index (κ3) is 4.38. The van der Waals surface area contributed by atoms with Gasteiger partial charge in [-0.15, -0.1) is 0 Å². The fourth-order valence-corrected chi connectivity index (χ4v) is 4.13. The summed E-state index contributed by atoms with van der Waals surface area (Å²) >= 11 is 0. The molecule has 8 nitrogen and oxygen atoms in total. The molecule has 35 heavy (non-hydrogen) atoms. The number of carboxylic acid groups (broad SMARTS) is 1.